The van der Waals surface area contributed by atoms with Crippen molar-refractivity contribution in [3.8, 4) is 11.8 Å². The molecule has 0 bridgehead atoms. The van der Waals surface area contributed by atoms with Crippen molar-refractivity contribution in [3.05, 3.63) is 0 Å². The molecule has 0 fully saturated rings. The average molecular weight is 307 g/mol. The minimum atomic E-state index is 0.187. The summed E-state index contributed by atoms with van der Waals surface area (Å²) < 4.78 is 0. The second-order valence-corrected chi connectivity index (χ2v) is 6.24. The van der Waals surface area contributed by atoms with Crippen LogP contribution < -0.4 is 0 Å². The highest BCUT2D eigenvalue weighted by atomic mass is 16.2. The standard InChI is InChI=1S/C19H33NO2/c1-5-18(21)14-10-8-6-7-9-11-15-19(22)20(4)16-12-13-17(2)3/h17H,5-11,14-16H2,1-4H3. The zero-order valence-corrected chi connectivity index (χ0v) is 14.9. The van der Waals surface area contributed by atoms with Crippen LogP contribution in [0, 0.1) is 17.8 Å². The Bertz CT molecular complexity index is 377. The van der Waals surface area contributed by atoms with Crippen LogP contribution in [0.2, 0.25) is 0 Å². The second kappa shape index (κ2) is 13.4. The molecule has 0 rings (SSSR count). The maximum absolute atomic E-state index is 11.9. The van der Waals surface area contributed by atoms with Gasteiger partial charge in [-0.25, -0.2) is 0 Å². The Balaban J connectivity index is 3.53. The van der Waals surface area contributed by atoms with Crippen molar-refractivity contribution in [2.45, 2.75) is 78.6 Å². The van der Waals surface area contributed by atoms with E-state index in [9.17, 15) is 9.59 Å². The summed E-state index contributed by atoms with van der Waals surface area (Å²) in [6, 6.07) is 0. The molecule has 3 nitrogen and oxygen atoms in total. The number of hydrogen-bond acceptors (Lipinski definition) is 2. The minimum Gasteiger partial charge on any atom is -0.335 e. The van der Waals surface area contributed by atoms with Crippen molar-refractivity contribution >= 4 is 11.7 Å². The Hall–Kier alpha value is -1.30. The van der Waals surface area contributed by atoms with Crippen LogP contribution in [0.4, 0.5) is 0 Å². The van der Waals surface area contributed by atoms with E-state index in [1.165, 1.54) is 6.42 Å². The molecule has 0 aromatic rings. The van der Waals surface area contributed by atoms with Crippen LogP contribution in [-0.4, -0.2) is 30.2 Å². The predicted octanol–water partition coefficient (Wildman–Crippen LogP) is 4.20. The van der Waals surface area contributed by atoms with Crippen LogP contribution in [0.15, 0.2) is 0 Å². The van der Waals surface area contributed by atoms with Crippen molar-refractivity contribution in [3.63, 3.8) is 0 Å². The Kier molecular flexibility index (Phi) is 12.6. The lowest BCUT2D eigenvalue weighted by molar-refractivity contribution is -0.129. The van der Waals surface area contributed by atoms with E-state index in [0.29, 0.717) is 31.1 Å². The third-order valence-electron chi connectivity index (χ3n) is 3.62. The predicted molar refractivity (Wildman–Crippen MR) is 92.5 cm³/mol. The molecule has 3 heteroatoms. The van der Waals surface area contributed by atoms with Gasteiger partial charge in [-0.2, -0.15) is 0 Å². The Labute approximate surface area is 136 Å². The molecule has 0 aromatic carbocycles. The number of amides is 1. The molecule has 0 aliphatic heterocycles. The van der Waals surface area contributed by atoms with Crippen LogP contribution in [0.3, 0.4) is 0 Å². The number of carbonyl (C=O) groups excluding carboxylic acids is 2. The first kappa shape index (κ1) is 20.7. The maximum Gasteiger partial charge on any atom is 0.223 e. The number of hydrogen-bond donors (Lipinski definition) is 0. The summed E-state index contributed by atoms with van der Waals surface area (Å²) in [7, 11) is 1.82. The molecule has 0 aliphatic rings. The van der Waals surface area contributed by atoms with E-state index in [-0.39, 0.29) is 5.91 Å². The van der Waals surface area contributed by atoms with Crippen LogP contribution in [0.1, 0.15) is 78.6 Å². The van der Waals surface area contributed by atoms with Gasteiger partial charge < -0.3 is 4.90 Å². The zero-order chi connectivity index (χ0) is 16.8. The first-order valence-corrected chi connectivity index (χ1v) is 8.71. The number of nitrogens with zero attached hydrogens (tertiary/aromatic N) is 1. The molecule has 1 amide bonds. The second-order valence-electron chi connectivity index (χ2n) is 6.24. The van der Waals surface area contributed by atoms with Gasteiger partial charge in [-0.1, -0.05) is 58.3 Å². The van der Waals surface area contributed by atoms with Crippen molar-refractivity contribution in [2.75, 3.05) is 13.6 Å². The summed E-state index contributed by atoms with van der Waals surface area (Å²) in [4.78, 5) is 24.7. The van der Waals surface area contributed by atoms with Crippen LogP contribution in [-0.2, 0) is 9.59 Å². The van der Waals surface area contributed by atoms with Gasteiger partial charge in [-0.05, 0) is 12.8 Å². The van der Waals surface area contributed by atoms with Gasteiger partial charge in [0.2, 0.25) is 5.91 Å². The molecule has 0 saturated heterocycles. The van der Waals surface area contributed by atoms with Crippen LogP contribution in [0.5, 0.6) is 0 Å². The highest BCUT2D eigenvalue weighted by Crippen LogP contribution is 2.10. The van der Waals surface area contributed by atoms with E-state index in [0.717, 1.165) is 38.5 Å². The third kappa shape index (κ3) is 12.4. The highest BCUT2D eigenvalue weighted by Gasteiger charge is 2.06. The Morgan fingerprint density at radius 1 is 0.955 bits per heavy atom. The maximum atomic E-state index is 11.9. The number of carbonyl (C=O) groups is 2. The topological polar surface area (TPSA) is 37.4 Å². The molecule has 0 radical (unpaired) electrons. The molecule has 126 valence electrons. The van der Waals surface area contributed by atoms with Crippen LogP contribution in [0.25, 0.3) is 0 Å². The van der Waals surface area contributed by atoms with Gasteiger partial charge in [0.05, 0.1) is 6.54 Å². The van der Waals surface area contributed by atoms with E-state index in [2.05, 4.69) is 11.8 Å². The summed E-state index contributed by atoms with van der Waals surface area (Å²) in [5.74, 6) is 7.02. The fourth-order valence-electron chi connectivity index (χ4n) is 2.13. The van der Waals surface area contributed by atoms with Crippen molar-refractivity contribution in [1.29, 1.82) is 0 Å². The Morgan fingerprint density at radius 3 is 2.05 bits per heavy atom. The fourth-order valence-corrected chi connectivity index (χ4v) is 2.13. The van der Waals surface area contributed by atoms with Gasteiger partial charge in [0.15, 0.2) is 0 Å². The molecule has 0 atom stereocenters. The molecule has 0 spiro atoms. The van der Waals surface area contributed by atoms with Crippen molar-refractivity contribution in [1.82, 2.24) is 4.90 Å². The van der Waals surface area contributed by atoms with Crippen molar-refractivity contribution < 1.29 is 9.59 Å². The van der Waals surface area contributed by atoms with Gasteiger partial charge in [0.1, 0.15) is 5.78 Å². The van der Waals surface area contributed by atoms with Gasteiger partial charge in [-0.3, -0.25) is 9.59 Å². The largest absolute Gasteiger partial charge is 0.335 e. The molecule has 0 aliphatic carbocycles. The minimum absolute atomic E-state index is 0.187. The number of unbranched alkanes of at least 4 members (excludes halogenated alkanes) is 5. The number of Topliss-reactive ketones (excluding diaryl/α,β-unsaturated/α-hetero) is 1. The first-order chi connectivity index (χ1) is 10.5. The zero-order valence-electron chi connectivity index (χ0n) is 14.9. The lowest BCUT2D eigenvalue weighted by Gasteiger charge is -2.13. The Morgan fingerprint density at radius 2 is 1.50 bits per heavy atom. The van der Waals surface area contributed by atoms with Gasteiger partial charge in [-0.15, -0.1) is 0 Å². The van der Waals surface area contributed by atoms with Gasteiger partial charge in [0.25, 0.3) is 0 Å². The van der Waals surface area contributed by atoms with E-state index < -0.39 is 0 Å². The third-order valence-corrected chi connectivity index (χ3v) is 3.62. The first-order valence-electron chi connectivity index (χ1n) is 8.71. The summed E-state index contributed by atoms with van der Waals surface area (Å²) in [6.45, 7) is 6.55. The molecule has 0 aromatic heterocycles. The number of ketones is 1. The lowest BCUT2D eigenvalue weighted by Crippen LogP contribution is -2.26. The van der Waals surface area contributed by atoms with E-state index in [1.54, 1.807) is 4.90 Å². The number of rotatable bonds is 11. The van der Waals surface area contributed by atoms with E-state index >= 15 is 0 Å². The smallest absolute Gasteiger partial charge is 0.223 e. The molecule has 0 N–H and O–H groups in total. The quantitative estimate of drug-likeness (QED) is 0.424. The molecular formula is C19H33NO2. The molecule has 22 heavy (non-hydrogen) atoms. The molecular weight excluding hydrogens is 274 g/mol. The summed E-state index contributed by atoms with van der Waals surface area (Å²) in [5.41, 5.74) is 0. The van der Waals surface area contributed by atoms with E-state index in [1.807, 2.05) is 27.8 Å². The lowest BCUT2D eigenvalue weighted by atomic mass is 10.1. The molecule has 0 heterocycles. The highest BCUT2D eigenvalue weighted by molar-refractivity contribution is 5.77. The normalized spacial score (nSPS) is 10.2. The SMILES string of the molecule is CCC(=O)CCCCCCCCC(=O)N(C)CC#CC(C)C. The van der Waals surface area contributed by atoms with Crippen LogP contribution >= 0.6 is 0 Å². The summed E-state index contributed by atoms with van der Waals surface area (Å²) in [5, 5.41) is 0. The van der Waals surface area contributed by atoms with Gasteiger partial charge >= 0.3 is 0 Å². The molecule has 0 saturated carbocycles. The fraction of sp³-hybridized carbons (Fsp3) is 0.789. The van der Waals surface area contributed by atoms with E-state index in [4.69, 9.17) is 0 Å². The van der Waals surface area contributed by atoms with Crippen molar-refractivity contribution in [2.24, 2.45) is 5.92 Å². The average Bonchev–Trinajstić information content (AvgIpc) is 2.48. The monoisotopic (exact) mass is 307 g/mol. The van der Waals surface area contributed by atoms with Gasteiger partial charge in [0, 0.05) is 32.2 Å². The molecule has 0 unspecified atom stereocenters. The summed E-state index contributed by atoms with van der Waals surface area (Å²) >= 11 is 0. The summed E-state index contributed by atoms with van der Waals surface area (Å²) in [6.07, 6.45) is 8.54.